The number of aromatic nitrogens is 1. The van der Waals surface area contributed by atoms with Crippen LogP contribution in [0.5, 0.6) is 0 Å². The molecule has 3 aromatic carbocycles. The molecule has 1 aliphatic carbocycles. The SMILES string of the molecule is CCOC(=O)C1(c2ccc(-c3ccc(-c4onc(C)c4[C@](CC)(OC(N)=O)c4ccccc4)cc3)cc2)CC1. The van der Waals surface area contributed by atoms with Gasteiger partial charge in [-0.25, -0.2) is 4.79 Å². The van der Waals surface area contributed by atoms with Crippen molar-refractivity contribution in [2.75, 3.05) is 6.61 Å². The number of rotatable bonds is 9. The number of amides is 1. The van der Waals surface area contributed by atoms with Crippen LogP contribution in [-0.4, -0.2) is 23.8 Å². The molecule has 2 N–H and O–H groups in total. The van der Waals surface area contributed by atoms with Crippen LogP contribution in [-0.2, 0) is 25.3 Å². The molecule has 1 aromatic heterocycles. The number of benzene rings is 3. The highest BCUT2D eigenvalue weighted by Gasteiger charge is 2.52. The summed E-state index contributed by atoms with van der Waals surface area (Å²) >= 11 is 0. The van der Waals surface area contributed by atoms with Gasteiger partial charge in [0.15, 0.2) is 11.4 Å². The van der Waals surface area contributed by atoms with Crippen molar-refractivity contribution < 1.29 is 23.6 Å². The van der Waals surface area contributed by atoms with Gasteiger partial charge in [-0.2, -0.15) is 0 Å². The van der Waals surface area contributed by atoms with Crippen molar-refractivity contribution in [1.29, 1.82) is 0 Å². The van der Waals surface area contributed by atoms with E-state index in [9.17, 15) is 9.59 Å². The van der Waals surface area contributed by atoms with Crippen LogP contribution in [0.3, 0.4) is 0 Å². The molecule has 0 saturated heterocycles. The first-order chi connectivity index (χ1) is 18.8. The van der Waals surface area contributed by atoms with Gasteiger partial charge in [-0.1, -0.05) is 90.9 Å². The third-order valence-corrected chi connectivity index (χ3v) is 7.61. The number of nitrogens with zero attached hydrogens (tertiary/aromatic N) is 1. The highest BCUT2D eigenvalue weighted by Crippen LogP contribution is 2.49. The minimum atomic E-state index is -1.15. The summed E-state index contributed by atoms with van der Waals surface area (Å²) in [6.07, 6.45) is 1.20. The average molecular weight is 525 g/mol. The molecule has 0 aliphatic heterocycles. The summed E-state index contributed by atoms with van der Waals surface area (Å²) in [6.45, 7) is 5.99. The number of esters is 1. The van der Waals surface area contributed by atoms with E-state index in [-0.39, 0.29) is 5.97 Å². The number of ether oxygens (including phenoxy) is 2. The van der Waals surface area contributed by atoms with E-state index in [1.165, 1.54) is 0 Å². The van der Waals surface area contributed by atoms with Gasteiger partial charge in [0.1, 0.15) is 0 Å². The molecule has 5 rings (SSSR count). The van der Waals surface area contributed by atoms with Gasteiger partial charge in [-0.15, -0.1) is 0 Å². The molecule has 1 aliphatic rings. The summed E-state index contributed by atoms with van der Waals surface area (Å²) in [7, 11) is 0. The molecule has 200 valence electrons. The second-order valence-corrected chi connectivity index (χ2v) is 9.90. The van der Waals surface area contributed by atoms with Crippen LogP contribution in [0.25, 0.3) is 22.5 Å². The van der Waals surface area contributed by atoms with Crippen LogP contribution in [0.2, 0.25) is 0 Å². The van der Waals surface area contributed by atoms with Crippen LogP contribution >= 0.6 is 0 Å². The Morgan fingerprint density at radius 3 is 2.05 bits per heavy atom. The van der Waals surface area contributed by atoms with Gasteiger partial charge in [0.05, 0.1) is 23.3 Å². The number of nitrogens with two attached hydrogens (primary N) is 1. The lowest BCUT2D eigenvalue weighted by Gasteiger charge is -2.32. The van der Waals surface area contributed by atoms with Gasteiger partial charge >= 0.3 is 12.1 Å². The predicted octanol–water partition coefficient (Wildman–Crippen LogP) is 6.66. The molecular formula is C32H32N2O5. The molecule has 1 atom stereocenters. The van der Waals surface area contributed by atoms with E-state index in [1.807, 2.05) is 99.6 Å². The van der Waals surface area contributed by atoms with Crippen molar-refractivity contribution >= 4 is 12.1 Å². The molecule has 7 heteroatoms. The summed E-state index contributed by atoms with van der Waals surface area (Å²) in [6, 6.07) is 25.5. The Morgan fingerprint density at radius 2 is 1.51 bits per heavy atom. The third-order valence-electron chi connectivity index (χ3n) is 7.61. The number of primary amides is 1. The minimum Gasteiger partial charge on any atom is -0.465 e. The molecule has 7 nitrogen and oxygen atoms in total. The van der Waals surface area contributed by atoms with E-state index in [1.54, 1.807) is 0 Å². The van der Waals surface area contributed by atoms with Crippen LogP contribution in [0, 0.1) is 6.92 Å². The largest absolute Gasteiger partial charge is 0.465 e. The normalized spacial score (nSPS) is 15.3. The number of aryl methyl sites for hydroxylation is 1. The fourth-order valence-electron chi connectivity index (χ4n) is 5.43. The summed E-state index contributed by atoms with van der Waals surface area (Å²) in [5.41, 5.74) is 9.82. The second-order valence-electron chi connectivity index (χ2n) is 9.90. The van der Waals surface area contributed by atoms with Gasteiger partial charge in [0.25, 0.3) is 0 Å². The Morgan fingerprint density at radius 1 is 0.923 bits per heavy atom. The standard InChI is InChI=1S/C32H32N2O5/c1-4-32(38-30(33)36,26-9-7-6-8-10-26)27-21(3)34-39-28(27)24-13-11-22(12-14-24)23-15-17-25(18-16-23)31(19-20-31)29(35)37-5-2/h6-18H,4-5,19-20H2,1-3H3,(H2,33,36)/t32-/m1/s1. The van der Waals surface area contributed by atoms with Gasteiger partial charge in [-0.3, -0.25) is 4.79 Å². The molecule has 39 heavy (non-hydrogen) atoms. The second kappa shape index (κ2) is 10.4. The van der Waals surface area contributed by atoms with Crippen LogP contribution < -0.4 is 5.73 Å². The molecular weight excluding hydrogens is 492 g/mol. The molecule has 0 unspecified atom stereocenters. The maximum Gasteiger partial charge on any atom is 0.405 e. The Balaban J connectivity index is 1.48. The molecule has 1 amide bonds. The van der Waals surface area contributed by atoms with Crippen molar-refractivity contribution in [1.82, 2.24) is 5.16 Å². The number of hydrogen-bond acceptors (Lipinski definition) is 6. The molecule has 1 saturated carbocycles. The molecule has 0 bridgehead atoms. The quantitative estimate of drug-likeness (QED) is 0.246. The molecule has 1 heterocycles. The number of hydrogen-bond donors (Lipinski definition) is 1. The average Bonchev–Trinajstić information content (AvgIpc) is 3.69. The Kier molecular flexibility index (Phi) is 7.00. The number of carbonyl (C=O) groups is 2. The van der Waals surface area contributed by atoms with Gasteiger partial charge in [-0.05, 0) is 49.8 Å². The van der Waals surface area contributed by atoms with E-state index in [4.69, 9.17) is 19.7 Å². The zero-order chi connectivity index (χ0) is 27.6. The smallest absolute Gasteiger partial charge is 0.405 e. The lowest BCUT2D eigenvalue weighted by molar-refractivity contribution is -0.146. The van der Waals surface area contributed by atoms with Gasteiger partial charge < -0.3 is 19.7 Å². The van der Waals surface area contributed by atoms with Crippen molar-refractivity contribution in [3.63, 3.8) is 0 Å². The zero-order valence-electron chi connectivity index (χ0n) is 22.4. The lowest BCUT2D eigenvalue weighted by Crippen LogP contribution is -2.36. The zero-order valence-corrected chi connectivity index (χ0v) is 22.4. The monoisotopic (exact) mass is 524 g/mol. The van der Waals surface area contributed by atoms with E-state index in [0.717, 1.165) is 40.7 Å². The lowest BCUT2D eigenvalue weighted by atomic mass is 9.81. The summed E-state index contributed by atoms with van der Waals surface area (Å²) in [4.78, 5) is 24.5. The van der Waals surface area contributed by atoms with Crippen molar-refractivity contribution in [2.24, 2.45) is 5.73 Å². The maximum atomic E-state index is 12.5. The maximum absolute atomic E-state index is 12.5. The topological polar surface area (TPSA) is 105 Å². The molecule has 1 fully saturated rings. The van der Waals surface area contributed by atoms with Crippen LogP contribution in [0.4, 0.5) is 4.79 Å². The highest BCUT2D eigenvalue weighted by atomic mass is 16.6. The molecule has 0 radical (unpaired) electrons. The number of carbonyl (C=O) groups excluding carboxylic acids is 2. The van der Waals surface area contributed by atoms with Crippen molar-refractivity contribution in [3.05, 3.63) is 101 Å². The van der Waals surface area contributed by atoms with Crippen LogP contribution in [0.15, 0.2) is 83.4 Å². The van der Waals surface area contributed by atoms with Crippen molar-refractivity contribution in [3.8, 4) is 22.5 Å². The summed E-state index contributed by atoms with van der Waals surface area (Å²) < 4.78 is 16.9. The minimum absolute atomic E-state index is 0.140. The molecule has 4 aromatic rings. The fraction of sp³-hybridized carbons (Fsp3) is 0.281. The first-order valence-electron chi connectivity index (χ1n) is 13.2. The fourth-order valence-corrected chi connectivity index (χ4v) is 5.43. The first kappa shape index (κ1) is 26.2. The predicted molar refractivity (Wildman–Crippen MR) is 148 cm³/mol. The van der Waals surface area contributed by atoms with Crippen molar-refractivity contribution in [2.45, 2.75) is 51.0 Å². The Bertz CT molecular complexity index is 1470. The van der Waals surface area contributed by atoms with E-state index in [2.05, 4.69) is 5.16 Å². The van der Waals surface area contributed by atoms with E-state index < -0.39 is 17.1 Å². The summed E-state index contributed by atoms with van der Waals surface area (Å²) in [5, 5.41) is 4.24. The third kappa shape index (κ3) is 4.69. The van der Waals surface area contributed by atoms with Gasteiger partial charge in [0, 0.05) is 11.1 Å². The Hall–Kier alpha value is -4.39. The van der Waals surface area contributed by atoms with Gasteiger partial charge in [0.2, 0.25) is 0 Å². The highest BCUT2D eigenvalue weighted by molar-refractivity contribution is 5.87. The first-order valence-corrected chi connectivity index (χ1v) is 13.2. The summed E-state index contributed by atoms with van der Waals surface area (Å²) in [5.74, 6) is 0.380. The van der Waals surface area contributed by atoms with Crippen LogP contribution in [0.1, 0.15) is 55.5 Å². The van der Waals surface area contributed by atoms with E-state index in [0.29, 0.717) is 30.0 Å². The van der Waals surface area contributed by atoms with E-state index >= 15 is 0 Å². The molecule has 0 spiro atoms. The Labute approximate surface area is 227 Å².